The van der Waals surface area contributed by atoms with Crippen LogP contribution in [0.25, 0.3) is 17.4 Å². The highest BCUT2D eigenvalue weighted by Gasteiger charge is 2.20. The maximum absolute atomic E-state index is 12.7. The van der Waals surface area contributed by atoms with Crippen molar-refractivity contribution in [2.75, 3.05) is 11.9 Å². The second-order valence-electron chi connectivity index (χ2n) is 7.80. The Labute approximate surface area is 221 Å². The van der Waals surface area contributed by atoms with Crippen LogP contribution in [0.1, 0.15) is 23.3 Å². The molecule has 0 fully saturated rings. The van der Waals surface area contributed by atoms with Crippen LogP contribution in [0.4, 0.5) is 10.8 Å². The van der Waals surface area contributed by atoms with E-state index in [1.54, 1.807) is 13.0 Å². The summed E-state index contributed by atoms with van der Waals surface area (Å²) >= 11 is 1.12. The monoisotopic (exact) mass is 531 g/mol. The number of ether oxygens (including phenoxy) is 2. The van der Waals surface area contributed by atoms with Gasteiger partial charge in [-0.15, -0.1) is 10.2 Å². The van der Waals surface area contributed by atoms with Crippen molar-refractivity contribution >= 4 is 34.1 Å². The maximum atomic E-state index is 12.7. The van der Waals surface area contributed by atoms with Gasteiger partial charge in [0.05, 0.1) is 23.2 Å². The third-order valence-electron chi connectivity index (χ3n) is 5.06. The summed E-state index contributed by atoms with van der Waals surface area (Å²) in [6.45, 7) is 4.27. The van der Waals surface area contributed by atoms with Crippen molar-refractivity contribution in [3.63, 3.8) is 0 Å². The first-order valence-corrected chi connectivity index (χ1v) is 12.1. The highest BCUT2D eigenvalue weighted by molar-refractivity contribution is 7.15. The number of hydrogen-bond donors (Lipinski definition) is 1. The number of amides is 1. The van der Waals surface area contributed by atoms with Gasteiger partial charge in [-0.3, -0.25) is 20.2 Å². The fraction of sp³-hybridized carbons (Fsp3) is 0.154. The lowest BCUT2D eigenvalue weighted by Gasteiger charge is -2.05. The van der Waals surface area contributed by atoms with E-state index in [-0.39, 0.29) is 40.1 Å². The molecule has 0 atom stereocenters. The number of nitro benzene ring substituents is 1. The molecule has 0 spiro atoms. The van der Waals surface area contributed by atoms with Crippen LogP contribution >= 0.6 is 11.3 Å². The standard InChI is InChI=1S/C26H21N5O6S/c1-3-35-19-7-9-21(22(13-19)31(33)34)23-10-8-20(37-23)12-17(14-27)25(32)28-26-30-29-24(38-26)15-36-18-6-4-5-16(2)11-18/h4-13H,3,15H2,1-2H3,(H,28,30,32). The number of aryl methyl sites for hydroxylation is 1. The number of anilines is 1. The van der Waals surface area contributed by atoms with Gasteiger partial charge < -0.3 is 13.9 Å². The van der Waals surface area contributed by atoms with Gasteiger partial charge in [-0.05, 0) is 55.8 Å². The molecule has 38 heavy (non-hydrogen) atoms. The van der Waals surface area contributed by atoms with E-state index in [0.717, 1.165) is 16.9 Å². The lowest BCUT2D eigenvalue weighted by atomic mass is 10.1. The number of nitro groups is 1. The Kier molecular flexibility index (Phi) is 8.10. The summed E-state index contributed by atoms with van der Waals surface area (Å²) in [5.74, 6) is 0.707. The molecule has 0 aliphatic heterocycles. The Bertz CT molecular complexity index is 1550. The van der Waals surface area contributed by atoms with E-state index in [0.29, 0.717) is 23.1 Å². The number of rotatable bonds is 10. The Morgan fingerprint density at radius 1 is 1.18 bits per heavy atom. The van der Waals surface area contributed by atoms with E-state index < -0.39 is 10.8 Å². The van der Waals surface area contributed by atoms with Crippen LogP contribution < -0.4 is 14.8 Å². The molecular weight excluding hydrogens is 510 g/mol. The van der Waals surface area contributed by atoms with E-state index in [4.69, 9.17) is 13.9 Å². The first-order chi connectivity index (χ1) is 18.4. The summed E-state index contributed by atoms with van der Waals surface area (Å²) < 4.78 is 16.7. The minimum absolute atomic E-state index is 0.166. The van der Waals surface area contributed by atoms with Crippen molar-refractivity contribution in [2.24, 2.45) is 0 Å². The van der Waals surface area contributed by atoms with Gasteiger partial charge in [0.15, 0.2) is 5.01 Å². The molecule has 2 aromatic carbocycles. The Balaban J connectivity index is 1.45. The van der Waals surface area contributed by atoms with Crippen LogP contribution in [0.15, 0.2) is 64.6 Å². The minimum Gasteiger partial charge on any atom is -0.494 e. The number of furan rings is 1. The largest absolute Gasteiger partial charge is 0.494 e. The minimum atomic E-state index is -0.709. The normalized spacial score (nSPS) is 11.0. The Hall–Kier alpha value is -5.02. The second-order valence-corrected chi connectivity index (χ2v) is 8.86. The average Bonchev–Trinajstić information content (AvgIpc) is 3.55. The van der Waals surface area contributed by atoms with Crippen LogP contribution in [-0.4, -0.2) is 27.6 Å². The van der Waals surface area contributed by atoms with Crippen molar-refractivity contribution in [1.29, 1.82) is 5.26 Å². The van der Waals surface area contributed by atoms with Crippen LogP contribution in [0.5, 0.6) is 11.5 Å². The molecule has 1 N–H and O–H groups in total. The summed E-state index contributed by atoms with van der Waals surface area (Å²) in [6.07, 6.45) is 1.24. The summed E-state index contributed by atoms with van der Waals surface area (Å²) in [6, 6.07) is 16.8. The SMILES string of the molecule is CCOc1ccc(-c2ccc(C=C(C#N)C(=O)Nc3nnc(COc4cccc(C)c4)s3)o2)c([N+](=O)[O-])c1. The van der Waals surface area contributed by atoms with Gasteiger partial charge in [-0.1, -0.05) is 23.5 Å². The number of hydrogen-bond acceptors (Lipinski definition) is 10. The van der Waals surface area contributed by atoms with Gasteiger partial charge in [-0.2, -0.15) is 5.26 Å². The van der Waals surface area contributed by atoms with Crippen molar-refractivity contribution in [2.45, 2.75) is 20.5 Å². The smallest absolute Gasteiger partial charge is 0.284 e. The van der Waals surface area contributed by atoms with Crippen molar-refractivity contribution in [3.8, 4) is 28.9 Å². The summed E-state index contributed by atoms with van der Waals surface area (Å²) in [5.41, 5.74) is 0.845. The Morgan fingerprint density at radius 2 is 2.00 bits per heavy atom. The van der Waals surface area contributed by atoms with E-state index in [1.165, 1.54) is 30.3 Å². The van der Waals surface area contributed by atoms with Crippen molar-refractivity contribution in [1.82, 2.24) is 10.2 Å². The summed E-state index contributed by atoms with van der Waals surface area (Å²) in [4.78, 5) is 23.7. The molecule has 0 saturated heterocycles. The summed E-state index contributed by atoms with van der Waals surface area (Å²) in [5, 5.41) is 32.3. The molecule has 2 aromatic heterocycles. The van der Waals surface area contributed by atoms with E-state index in [2.05, 4.69) is 15.5 Å². The van der Waals surface area contributed by atoms with E-state index in [1.807, 2.05) is 37.3 Å². The number of nitriles is 1. The molecule has 4 aromatic rings. The van der Waals surface area contributed by atoms with E-state index >= 15 is 0 Å². The number of benzene rings is 2. The number of carbonyl (C=O) groups is 1. The first kappa shape index (κ1) is 26.1. The van der Waals surface area contributed by atoms with Crippen LogP contribution in [0, 0.1) is 28.4 Å². The molecular formula is C26H21N5O6S. The molecule has 0 aliphatic carbocycles. The van der Waals surface area contributed by atoms with E-state index in [9.17, 15) is 20.2 Å². The van der Waals surface area contributed by atoms with Gasteiger partial charge in [0.1, 0.15) is 41.3 Å². The first-order valence-electron chi connectivity index (χ1n) is 11.3. The molecule has 0 unspecified atom stereocenters. The lowest BCUT2D eigenvalue weighted by molar-refractivity contribution is -0.384. The fourth-order valence-corrected chi connectivity index (χ4v) is 4.02. The highest BCUT2D eigenvalue weighted by Crippen LogP contribution is 2.34. The predicted octanol–water partition coefficient (Wildman–Crippen LogP) is 5.54. The molecule has 12 heteroatoms. The Morgan fingerprint density at radius 3 is 2.74 bits per heavy atom. The lowest BCUT2D eigenvalue weighted by Crippen LogP contribution is -2.13. The van der Waals surface area contributed by atoms with Gasteiger partial charge in [0, 0.05) is 6.08 Å². The second kappa shape index (κ2) is 11.8. The average molecular weight is 532 g/mol. The highest BCUT2D eigenvalue weighted by atomic mass is 32.1. The predicted molar refractivity (Wildman–Crippen MR) is 140 cm³/mol. The fourth-order valence-electron chi connectivity index (χ4n) is 3.37. The molecule has 0 radical (unpaired) electrons. The third-order valence-corrected chi connectivity index (χ3v) is 5.87. The van der Waals surface area contributed by atoms with Crippen LogP contribution in [0.3, 0.4) is 0 Å². The molecule has 11 nitrogen and oxygen atoms in total. The molecule has 0 aliphatic rings. The van der Waals surface area contributed by atoms with Gasteiger partial charge in [0.2, 0.25) is 5.13 Å². The number of nitrogens with one attached hydrogen (secondary N) is 1. The van der Waals surface area contributed by atoms with Gasteiger partial charge >= 0.3 is 0 Å². The van der Waals surface area contributed by atoms with Crippen LogP contribution in [-0.2, 0) is 11.4 Å². The molecule has 192 valence electrons. The quantitative estimate of drug-likeness (QED) is 0.120. The number of carbonyl (C=O) groups excluding carboxylic acids is 1. The molecule has 0 saturated carbocycles. The third kappa shape index (κ3) is 6.40. The summed E-state index contributed by atoms with van der Waals surface area (Å²) in [7, 11) is 0. The van der Waals surface area contributed by atoms with Crippen molar-refractivity contribution in [3.05, 3.63) is 86.6 Å². The van der Waals surface area contributed by atoms with Gasteiger partial charge in [0.25, 0.3) is 11.6 Å². The number of nitrogens with zero attached hydrogens (tertiary/aromatic N) is 4. The van der Waals surface area contributed by atoms with Crippen molar-refractivity contribution < 1.29 is 23.6 Å². The molecule has 4 rings (SSSR count). The zero-order valence-electron chi connectivity index (χ0n) is 20.3. The number of aromatic nitrogens is 2. The molecule has 0 bridgehead atoms. The van der Waals surface area contributed by atoms with Gasteiger partial charge in [-0.25, -0.2) is 0 Å². The zero-order valence-corrected chi connectivity index (χ0v) is 21.2. The molecule has 1 amide bonds. The zero-order chi connectivity index (χ0) is 27.1. The van der Waals surface area contributed by atoms with Crippen LogP contribution in [0.2, 0.25) is 0 Å². The molecule has 2 heterocycles. The maximum Gasteiger partial charge on any atom is 0.284 e. The topological polar surface area (TPSA) is 153 Å².